The molecule has 2 unspecified atom stereocenters. The Hall–Kier alpha value is -1.33. The van der Waals surface area contributed by atoms with Crippen LogP contribution in [0.25, 0.3) is 0 Å². The van der Waals surface area contributed by atoms with E-state index >= 15 is 0 Å². The van der Waals surface area contributed by atoms with E-state index in [4.69, 9.17) is 14.3 Å². The van der Waals surface area contributed by atoms with Gasteiger partial charge in [0.05, 0.1) is 12.6 Å². The van der Waals surface area contributed by atoms with Crippen LogP contribution in [0.3, 0.4) is 0 Å². The molecule has 1 aliphatic rings. The largest absolute Gasteiger partial charge is 0.479 e. The van der Waals surface area contributed by atoms with Gasteiger partial charge in [0, 0.05) is 13.1 Å². The summed E-state index contributed by atoms with van der Waals surface area (Å²) in [6.07, 6.45) is -0.734. The number of carboxylic acid groups (broad SMARTS) is 1. The zero-order valence-electron chi connectivity index (χ0n) is 10.0. The monoisotopic (exact) mass is 239 g/mol. The Kier molecular flexibility index (Phi) is 3.49. The van der Waals surface area contributed by atoms with Crippen molar-refractivity contribution in [3.05, 3.63) is 23.7 Å². The van der Waals surface area contributed by atoms with Crippen LogP contribution in [0, 0.1) is 6.92 Å². The van der Waals surface area contributed by atoms with Crippen LogP contribution >= 0.6 is 0 Å². The number of hydrogen-bond donors (Lipinski definition) is 1. The number of aliphatic carboxylic acids is 1. The minimum Gasteiger partial charge on any atom is -0.479 e. The van der Waals surface area contributed by atoms with Crippen LogP contribution in [0.1, 0.15) is 24.5 Å². The van der Waals surface area contributed by atoms with Crippen molar-refractivity contribution in [2.45, 2.75) is 26.0 Å². The lowest BCUT2D eigenvalue weighted by molar-refractivity contribution is -0.157. The van der Waals surface area contributed by atoms with Crippen LogP contribution in [-0.2, 0) is 9.53 Å². The van der Waals surface area contributed by atoms with Gasteiger partial charge in [-0.15, -0.1) is 0 Å². The molecule has 94 valence electrons. The Morgan fingerprint density at radius 3 is 2.94 bits per heavy atom. The van der Waals surface area contributed by atoms with Gasteiger partial charge in [-0.2, -0.15) is 0 Å². The van der Waals surface area contributed by atoms with Crippen LogP contribution in [-0.4, -0.2) is 41.8 Å². The molecule has 2 atom stereocenters. The first kappa shape index (κ1) is 12.1. The predicted molar refractivity (Wildman–Crippen MR) is 60.8 cm³/mol. The highest BCUT2D eigenvalue weighted by Gasteiger charge is 2.30. The van der Waals surface area contributed by atoms with E-state index in [2.05, 4.69) is 4.90 Å². The quantitative estimate of drug-likeness (QED) is 0.864. The molecule has 2 rings (SSSR count). The molecule has 1 fully saturated rings. The standard InChI is InChI=1S/C12H17NO4/c1-8-3-4-10(17-8)9(2)13-5-6-16-11(7-13)12(14)15/h3-4,9,11H,5-7H2,1-2H3,(H,14,15). The molecule has 0 saturated carbocycles. The molecule has 0 radical (unpaired) electrons. The fraction of sp³-hybridized carbons (Fsp3) is 0.583. The molecule has 5 nitrogen and oxygen atoms in total. The second-order valence-corrected chi connectivity index (χ2v) is 4.32. The maximum Gasteiger partial charge on any atom is 0.334 e. The van der Waals surface area contributed by atoms with E-state index in [0.717, 1.165) is 18.1 Å². The van der Waals surface area contributed by atoms with Crippen molar-refractivity contribution in [3.8, 4) is 0 Å². The van der Waals surface area contributed by atoms with E-state index in [1.807, 2.05) is 26.0 Å². The Morgan fingerprint density at radius 1 is 1.59 bits per heavy atom. The smallest absolute Gasteiger partial charge is 0.334 e. The van der Waals surface area contributed by atoms with Gasteiger partial charge in [-0.1, -0.05) is 0 Å². The first-order valence-electron chi connectivity index (χ1n) is 5.72. The number of ether oxygens (including phenoxy) is 1. The van der Waals surface area contributed by atoms with Crippen LogP contribution in [0.15, 0.2) is 16.5 Å². The second kappa shape index (κ2) is 4.89. The molecule has 1 saturated heterocycles. The normalized spacial score (nSPS) is 23.5. The van der Waals surface area contributed by atoms with Gasteiger partial charge in [0.1, 0.15) is 11.5 Å². The number of nitrogens with zero attached hydrogens (tertiary/aromatic N) is 1. The topological polar surface area (TPSA) is 62.9 Å². The first-order chi connectivity index (χ1) is 8.08. The van der Waals surface area contributed by atoms with Gasteiger partial charge in [-0.05, 0) is 26.0 Å². The summed E-state index contributed by atoms with van der Waals surface area (Å²) < 4.78 is 10.8. The molecule has 1 aromatic heterocycles. The van der Waals surface area contributed by atoms with Crippen molar-refractivity contribution in [3.63, 3.8) is 0 Å². The molecular weight excluding hydrogens is 222 g/mol. The lowest BCUT2D eigenvalue weighted by atomic mass is 10.1. The van der Waals surface area contributed by atoms with Gasteiger partial charge in [0.2, 0.25) is 0 Å². The Balaban J connectivity index is 2.04. The molecule has 0 aromatic carbocycles. The minimum atomic E-state index is -0.905. The molecule has 1 aliphatic heterocycles. The summed E-state index contributed by atoms with van der Waals surface area (Å²) in [5.74, 6) is 0.834. The van der Waals surface area contributed by atoms with E-state index in [1.54, 1.807) is 0 Å². The zero-order chi connectivity index (χ0) is 12.4. The van der Waals surface area contributed by atoms with Gasteiger partial charge in [-0.25, -0.2) is 4.79 Å². The molecule has 2 heterocycles. The van der Waals surface area contributed by atoms with Gasteiger partial charge < -0.3 is 14.3 Å². The molecule has 0 spiro atoms. The van der Waals surface area contributed by atoms with E-state index in [-0.39, 0.29) is 6.04 Å². The number of rotatable bonds is 3. The molecule has 0 amide bonds. The fourth-order valence-corrected chi connectivity index (χ4v) is 2.03. The number of carboxylic acids is 1. The molecule has 5 heteroatoms. The zero-order valence-corrected chi connectivity index (χ0v) is 10.0. The summed E-state index contributed by atoms with van der Waals surface area (Å²) in [5, 5.41) is 8.94. The fourth-order valence-electron chi connectivity index (χ4n) is 2.03. The van der Waals surface area contributed by atoms with Crippen LogP contribution in [0.2, 0.25) is 0 Å². The van der Waals surface area contributed by atoms with Crippen molar-refractivity contribution in [2.75, 3.05) is 19.7 Å². The number of morpholine rings is 1. The summed E-state index contributed by atoms with van der Waals surface area (Å²) in [4.78, 5) is 13.0. The highest BCUT2D eigenvalue weighted by molar-refractivity contribution is 5.72. The highest BCUT2D eigenvalue weighted by Crippen LogP contribution is 2.24. The molecule has 0 bridgehead atoms. The predicted octanol–water partition coefficient (Wildman–Crippen LogP) is 1.43. The highest BCUT2D eigenvalue weighted by atomic mass is 16.5. The maximum absolute atomic E-state index is 10.9. The van der Waals surface area contributed by atoms with Gasteiger partial charge in [0.25, 0.3) is 0 Å². The molecule has 1 N–H and O–H groups in total. The third-order valence-corrected chi connectivity index (χ3v) is 3.09. The molecule has 1 aromatic rings. The van der Waals surface area contributed by atoms with E-state index in [9.17, 15) is 4.79 Å². The summed E-state index contributed by atoms with van der Waals surface area (Å²) in [5.41, 5.74) is 0. The summed E-state index contributed by atoms with van der Waals surface area (Å²) in [7, 11) is 0. The summed E-state index contributed by atoms with van der Waals surface area (Å²) in [6, 6.07) is 3.93. The second-order valence-electron chi connectivity index (χ2n) is 4.32. The van der Waals surface area contributed by atoms with E-state index < -0.39 is 12.1 Å². The average molecular weight is 239 g/mol. The van der Waals surface area contributed by atoms with Gasteiger partial charge >= 0.3 is 5.97 Å². The van der Waals surface area contributed by atoms with E-state index in [1.165, 1.54) is 0 Å². The SMILES string of the molecule is Cc1ccc(C(C)N2CCOC(C(=O)O)C2)o1. The molecule has 0 aliphatic carbocycles. The Morgan fingerprint density at radius 2 is 2.35 bits per heavy atom. The maximum atomic E-state index is 10.9. The van der Waals surface area contributed by atoms with Crippen molar-refractivity contribution in [1.29, 1.82) is 0 Å². The third-order valence-electron chi connectivity index (χ3n) is 3.09. The van der Waals surface area contributed by atoms with Crippen LogP contribution in [0.4, 0.5) is 0 Å². The number of furan rings is 1. The van der Waals surface area contributed by atoms with Crippen LogP contribution in [0.5, 0.6) is 0 Å². The summed E-state index contributed by atoms with van der Waals surface area (Å²) in [6.45, 7) is 5.49. The number of hydrogen-bond acceptors (Lipinski definition) is 4. The number of carbonyl (C=O) groups is 1. The van der Waals surface area contributed by atoms with E-state index in [0.29, 0.717) is 13.2 Å². The van der Waals surface area contributed by atoms with Crippen molar-refractivity contribution in [1.82, 2.24) is 4.90 Å². The van der Waals surface area contributed by atoms with Crippen molar-refractivity contribution < 1.29 is 19.1 Å². The average Bonchev–Trinajstić information content (AvgIpc) is 2.75. The number of aryl methyl sites for hydroxylation is 1. The molecular formula is C12H17NO4. The lowest BCUT2D eigenvalue weighted by Gasteiger charge is -2.34. The Labute approximate surface area is 100.0 Å². The lowest BCUT2D eigenvalue weighted by Crippen LogP contribution is -2.46. The van der Waals surface area contributed by atoms with Gasteiger partial charge in [0.15, 0.2) is 6.10 Å². The first-order valence-corrected chi connectivity index (χ1v) is 5.72. The third kappa shape index (κ3) is 2.68. The van der Waals surface area contributed by atoms with Crippen molar-refractivity contribution in [2.24, 2.45) is 0 Å². The van der Waals surface area contributed by atoms with Crippen LogP contribution < -0.4 is 0 Å². The van der Waals surface area contributed by atoms with Crippen molar-refractivity contribution >= 4 is 5.97 Å². The minimum absolute atomic E-state index is 0.0782. The Bertz CT molecular complexity index is 401. The molecule has 17 heavy (non-hydrogen) atoms. The summed E-state index contributed by atoms with van der Waals surface area (Å²) >= 11 is 0. The van der Waals surface area contributed by atoms with Gasteiger partial charge in [-0.3, -0.25) is 4.90 Å².